The standard InChI is InChI=1S/C3H6O2S/c1-5-3-6-2-4/h2H,3H2,1H3. The van der Waals surface area contributed by atoms with Crippen LogP contribution in [0.4, 0.5) is 0 Å². The molecule has 0 saturated heterocycles. The second kappa shape index (κ2) is 4.98. The summed E-state index contributed by atoms with van der Waals surface area (Å²) >= 11 is 1.11. The monoisotopic (exact) mass is 106 g/mol. The minimum atomic E-state index is 0.462. The van der Waals surface area contributed by atoms with Crippen molar-refractivity contribution >= 4 is 17.4 Å². The summed E-state index contributed by atoms with van der Waals surface area (Å²) < 4.78 is 4.51. The van der Waals surface area contributed by atoms with Crippen LogP contribution in [0, 0.1) is 0 Å². The van der Waals surface area contributed by atoms with Crippen molar-refractivity contribution in [2.24, 2.45) is 0 Å². The topological polar surface area (TPSA) is 26.3 Å². The van der Waals surface area contributed by atoms with Crippen molar-refractivity contribution < 1.29 is 9.53 Å². The lowest BCUT2D eigenvalue weighted by atomic mass is 11.5. The van der Waals surface area contributed by atoms with Gasteiger partial charge in [-0.25, -0.2) is 0 Å². The van der Waals surface area contributed by atoms with Crippen LogP contribution in [0.25, 0.3) is 0 Å². The molecule has 0 N–H and O–H groups in total. The van der Waals surface area contributed by atoms with E-state index < -0.39 is 0 Å². The van der Waals surface area contributed by atoms with Gasteiger partial charge >= 0.3 is 0 Å². The van der Waals surface area contributed by atoms with E-state index in [4.69, 9.17) is 0 Å². The quantitative estimate of drug-likeness (QED) is 0.298. The molecule has 0 amide bonds. The Bertz CT molecular complexity index is 37.8. The lowest BCUT2D eigenvalue weighted by Crippen LogP contribution is -1.77. The molecule has 2 nitrogen and oxygen atoms in total. The Labute approximate surface area is 40.9 Å². The molecule has 3 heteroatoms. The average Bonchev–Trinajstić information content (AvgIpc) is 1.61. The van der Waals surface area contributed by atoms with Crippen LogP contribution in [0.1, 0.15) is 0 Å². The normalized spacial score (nSPS) is 8.17. The fourth-order valence-electron chi connectivity index (χ4n) is 0.0958. The molecule has 0 aromatic heterocycles. The minimum absolute atomic E-state index is 0.462. The van der Waals surface area contributed by atoms with Crippen molar-refractivity contribution in [3.05, 3.63) is 0 Å². The molecule has 0 heterocycles. The van der Waals surface area contributed by atoms with Crippen LogP contribution in [-0.4, -0.2) is 18.7 Å². The third-order valence-electron chi connectivity index (χ3n) is 0.254. The van der Waals surface area contributed by atoms with Gasteiger partial charge in [0.05, 0.1) is 5.94 Å². The molecule has 0 aliphatic carbocycles. The van der Waals surface area contributed by atoms with E-state index in [1.165, 1.54) is 0 Å². The van der Waals surface area contributed by atoms with Gasteiger partial charge in [0.2, 0.25) is 0 Å². The first-order valence-electron chi connectivity index (χ1n) is 1.46. The van der Waals surface area contributed by atoms with E-state index in [2.05, 4.69) is 4.74 Å². The van der Waals surface area contributed by atoms with Gasteiger partial charge in [0.1, 0.15) is 0 Å². The van der Waals surface area contributed by atoms with E-state index in [-0.39, 0.29) is 0 Å². The lowest BCUT2D eigenvalue weighted by Gasteiger charge is -1.83. The third kappa shape index (κ3) is 3.98. The number of carbonyl (C=O) groups excluding carboxylic acids is 1. The highest BCUT2D eigenvalue weighted by Gasteiger charge is 1.73. The first kappa shape index (κ1) is 5.98. The van der Waals surface area contributed by atoms with Crippen molar-refractivity contribution in [3.8, 4) is 0 Å². The SMILES string of the molecule is COCSC=O. The maximum absolute atomic E-state index is 9.45. The van der Waals surface area contributed by atoms with Crippen LogP contribution in [0.2, 0.25) is 0 Å². The number of thioether (sulfide) groups is 1. The Morgan fingerprint density at radius 3 is 2.83 bits per heavy atom. The first-order valence-corrected chi connectivity index (χ1v) is 2.51. The van der Waals surface area contributed by atoms with Crippen molar-refractivity contribution in [2.75, 3.05) is 13.0 Å². The van der Waals surface area contributed by atoms with Gasteiger partial charge in [-0.05, 0) is 0 Å². The second-order valence-corrected chi connectivity index (χ2v) is 1.43. The molecular formula is C3H6O2S. The fraction of sp³-hybridized carbons (Fsp3) is 0.667. The molecule has 0 radical (unpaired) electrons. The van der Waals surface area contributed by atoms with Crippen LogP contribution in [0.3, 0.4) is 0 Å². The van der Waals surface area contributed by atoms with Gasteiger partial charge in [0.15, 0.2) is 5.62 Å². The molecule has 0 atom stereocenters. The Balaban J connectivity index is 2.49. The number of rotatable bonds is 3. The molecule has 0 bridgehead atoms. The molecule has 0 spiro atoms. The van der Waals surface area contributed by atoms with Crippen LogP contribution < -0.4 is 0 Å². The predicted molar refractivity (Wildman–Crippen MR) is 26.2 cm³/mol. The maximum atomic E-state index is 9.45. The van der Waals surface area contributed by atoms with Gasteiger partial charge in [0, 0.05) is 7.11 Å². The van der Waals surface area contributed by atoms with E-state index in [1.807, 2.05) is 0 Å². The first-order chi connectivity index (χ1) is 2.91. The van der Waals surface area contributed by atoms with Crippen LogP contribution in [0.5, 0.6) is 0 Å². The van der Waals surface area contributed by atoms with Crippen molar-refractivity contribution in [1.82, 2.24) is 0 Å². The number of ether oxygens (including phenoxy) is 1. The Kier molecular flexibility index (Phi) is 4.96. The maximum Gasteiger partial charge on any atom is 0.178 e. The predicted octanol–water partition coefficient (Wildman–Crippen LogP) is 0.514. The number of methoxy groups -OCH3 is 1. The summed E-state index contributed by atoms with van der Waals surface area (Å²) in [6.07, 6.45) is 0. The molecule has 0 saturated carbocycles. The summed E-state index contributed by atoms with van der Waals surface area (Å²) in [5.74, 6) is 0.462. The van der Waals surface area contributed by atoms with Gasteiger partial charge in [-0.2, -0.15) is 0 Å². The number of hydrogen-bond acceptors (Lipinski definition) is 3. The van der Waals surface area contributed by atoms with Crippen LogP contribution >= 0.6 is 11.8 Å². The lowest BCUT2D eigenvalue weighted by molar-refractivity contribution is 0.259. The summed E-state index contributed by atoms with van der Waals surface area (Å²) in [4.78, 5) is 9.45. The van der Waals surface area contributed by atoms with Crippen LogP contribution in [0.15, 0.2) is 0 Å². The highest BCUT2D eigenvalue weighted by molar-refractivity contribution is 8.11. The molecule has 0 fully saturated rings. The van der Waals surface area contributed by atoms with Gasteiger partial charge < -0.3 is 4.74 Å². The van der Waals surface area contributed by atoms with Gasteiger partial charge in [0.25, 0.3) is 0 Å². The number of hydrogen-bond donors (Lipinski definition) is 0. The number of carbonyl (C=O) groups is 1. The van der Waals surface area contributed by atoms with Gasteiger partial charge in [-0.1, -0.05) is 11.8 Å². The molecule has 0 rings (SSSR count). The fourth-order valence-corrected chi connectivity index (χ4v) is 0.287. The third-order valence-corrected chi connectivity index (χ3v) is 0.762. The highest BCUT2D eigenvalue weighted by Crippen LogP contribution is 1.88. The molecular weight excluding hydrogens is 100 g/mol. The van der Waals surface area contributed by atoms with E-state index in [9.17, 15) is 4.79 Å². The second-order valence-electron chi connectivity index (χ2n) is 0.669. The van der Waals surface area contributed by atoms with E-state index in [1.54, 1.807) is 7.11 Å². The molecule has 0 aromatic rings. The summed E-state index contributed by atoms with van der Waals surface area (Å²) in [6, 6.07) is 0. The highest BCUT2D eigenvalue weighted by atomic mass is 32.2. The molecule has 0 aliphatic rings. The van der Waals surface area contributed by atoms with E-state index in [0.29, 0.717) is 5.94 Å². The zero-order chi connectivity index (χ0) is 4.83. The average molecular weight is 106 g/mol. The largest absolute Gasteiger partial charge is 0.374 e. The van der Waals surface area contributed by atoms with Gasteiger partial charge in [-0.3, -0.25) is 4.79 Å². The molecule has 0 aromatic carbocycles. The molecule has 0 aliphatic heterocycles. The van der Waals surface area contributed by atoms with Gasteiger partial charge in [-0.15, -0.1) is 0 Å². The van der Waals surface area contributed by atoms with Crippen molar-refractivity contribution in [1.29, 1.82) is 0 Å². The molecule has 0 unspecified atom stereocenters. The van der Waals surface area contributed by atoms with E-state index >= 15 is 0 Å². The molecule has 36 valence electrons. The van der Waals surface area contributed by atoms with Crippen molar-refractivity contribution in [3.63, 3.8) is 0 Å². The summed E-state index contributed by atoms with van der Waals surface area (Å²) in [5, 5.41) is 0. The summed E-state index contributed by atoms with van der Waals surface area (Å²) in [7, 11) is 1.55. The smallest absolute Gasteiger partial charge is 0.178 e. The summed E-state index contributed by atoms with van der Waals surface area (Å²) in [5.41, 5.74) is 0.753. The van der Waals surface area contributed by atoms with Crippen molar-refractivity contribution in [2.45, 2.75) is 0 Å². The zero-order valence-corrected chi connectivity index (χ0v) is 4.33. The zero-order valence-electron chi connectivity index (χ0n) is 3.51. The minimum Gasteiger partial charge on any atom is -0.374 e. The van der Waals surface area contributed by atoms with Crippen LogP contribution in [-0.2, 0) is 9.53 Å². The molecule has 6 heavy (non-hydrogen) atoms. The Morgan fingerprint density at radius 1 is 2.00 bits per heavy atom. The summed E-state index contributed by atoms with van der Waals surface area (Å²) in [6.45, 7) is 0. The Hall–Kier alpha value is -0.0200. The Morgan fingerprint density at radius 2 is 2.67 bits per heavy atom. The van der Waals surface area contributed by atoms with E-state index in [0.717, 1.165) is 17.4 Å².